The van der Waals surface area contributed by atoms with Gasteiger partial charge in [0.05, 0.1) is 0 Å². The molecule has 36 heavy (non-hydrogen) atoms. The van der Waals surface area contributed by atoms with Crippen LogP contribution < -0.4 is 24.8 Å². The molecule has 5 aromatic rings. The van der Waals surface area contributed by atoms with Gasteiger partial charge in [-0.15, -0.1) is 5.56 Å². The van der Waals surface area contributed by atoms with E-state index in [4.69, 9.17) is 0 Å². The summed E-state index contributed by atoms with van der Waals surface area (Å²) in [5.41, 5.74) is 10.9. The Morgan fingerprint density at radius 3 is 1.83 bits per heavy atom. The molecule has 0 saturated heterocycles. The standard InChI is InChI=1S/C15H14.C13H9.C5H5.2ClH.Zr/c1-12-5-3-7-14(9-12)11-15-8-4-6-13(2)10-15;1-3-7-12-10(5-1)9-11-6-2-4-8-13(11)12;1-2-4-5-3-1;;;/h3-10H,1-2H3;1-5,7-8H,9H2;1-5H;2*1H;/q;2*-1;;;+2/p-2. The van der Waals surface area contributed by atoms with E-state index in [9.17, 15) is 0 Å². The van der Waals surface area contributed by atoms with E-state index in [0.717, 1.165) is 6.42 Å². The predicted molar refractivity (Wildman–Crippen MR) is 141 cm³/mol. The van der Waals surface area contributed by atoms with Gasteiger partial charge in [0.2, 0.25) is 0 Å². The molecule has 6 rings (SSSR count). The topological polar surface area (TPSA) is 0 Å². The van der Waals surface area contributed by atoms with E-state index in [2.05, 4.69) is 105 Å². The third-order valence-electron chi connectivity index (χ3n) is 5.79. The van der Waals surface area contributed by atoms with Gasteiger partial charge in [-0.25, -0.2) is 12.1 Å². The first-order valence-electron chi connectivity index (χ1n) is 11.6. The Morgan fingerprint density at radius 2 is 1.28 bits per heavy atom. The van der Waals surface area contributed by atoms with E-state index in [-0.39, 0.29) is 24.8 Å². The number of aryl methyl sites for hydroxylation is 2. The third kappa shape index (κ3) is 8.04. The van der Waals surface area contributed by atoms with Gasteiger partial charge in [-0.2, -0.15) is 48.0 Å². The minimum atomic E-state index is 0. The first kappa shape index (κ1) is 29.8. The molecule has 180 valence electrons. The van der Waals surface area contributed by atoms with Gasteiger partial charge >= 0.3 is 112 Å². The van der Waals surface area contributed by atoms with Crippen LogP contribution in [0, 0.1) is 19.9 Å². The van der Waals surface area contributed by atoms with E-state index in [1.807, 2.05) is 36.4 Å². The van der Waals surface area contributed by atoms with Gasteiger partial charge in [0, 0.05) is 0 Å². The molecule has 5 aromatic carbocycles. The molecule has 0 heterocycles. The molecule has 0 nitrogen and oxygen atoms in total. The van der Waals surface area contributed by atoms with Crippen LogP contribution in [0.5, 0.6) is 0 Å². The van der Waals surface area contributed by atoms with Gasteiger partial charge in [-0.3, -0.25) is 0 Å². The number of halogens is 2. The Morgan fingerprint density at radius 1 is 0.694 bits per heavy atom. The Labute approximate surface area is 242 Å². The average Bonchev–Trinajstić information content (AvgIpc) is 3.56. The van der Waals surface area contributed by atoms with Gasteiger partial charge in [0.15, 0.2) is 0 Å². The summed E-state index contributed by atoms with van der Waals surface area (Å²) in [5.74, 6) is 0. The quantitative estimate of drug-likeness (QED) is 0.272. The van der Waals surface area contributed by atoms with Crippen LogP contribution in [0.2, 0.25) is 0 Å². The van der Waals surface area contributed by atoms with Crippen molar-refractivity contribution in [3.63, 3.8) is 0 Å². The SMILES string of the molecule is Cc1cccc([C](=[Zr+2])c2cccc(C)c2)c1.[Cl-].[Cl-].[c-]1cccc2c1Cc1ccccc1-2.c1cc[cH-]c1. The van der Waals surface area contributed by atoms with Crippen LogP contribution in [-0.4, -0.2) is 3.21 Å². The van der Waals surface area contributed by atoms with Crippen LogP contribution in [-0.2, 0) is 30.7 Å². The van der Waals surface area contributed by atoms with Crippen molar-refractivity contribution in [1.29, 1.82) is 0 Å². The van der Waals surface area contributed by atoms with Crippen LogP contribution in [0.1, 0.15) is 33.4 Å². The largest absolute Gasteiger partial charge is 1.00 e. The fraction of sp³-hybridized carbons (Fsp3) is 0.0909. The molecule has 3 heteroatoms. The Bertz CT molecular complexity index is 1260. The molecule has 0 aromatic heterocycles. The van der Waals surface area contributed by atoms with Crippen LogP contribution in [0.15, 0.2) is 121 Å². The van der Waals surface area contributed by atoms with Gasteiger partial charge in [-0.1, -0.05) is 35.4 Å². The summed E-state index contributed by atoms with van der Waals surface area (Å²) in [6.07, 6.45) is 1.05. The first-order chi connectivity index (χ1) is 16.6. The average molecular weight is 587 g/mol. The van der Waals surface area contributed by atoms with E-state index in [1.165, 1.54) is 71.9 Å². The summed E-state index contributed by atoms with van der Waals surface area (Å²) in [6, 6.07) is 45.6. The van der Waals surface area contributed by atoms with Crippen LogP contribution >= 0.6 is 0 Å². The summed E-state index contributed by atoms with van der Waals surface area (Å²) in [5, 5.41) is 0. The van der Waals surface area contributed by atoms with Crippen molar-refractivity contribution in [2.24, 2.45) is 0 Å². The van der Waals surface area contributed by atoms with Crippen molar-refractivity contribution in [3.8, 4) is 11.1 Å². The number of fused-ring (bicyclic) bond motifs is 3. The molecule has 0 N–H and O–H groups in total. The summed E-state index contributed by atoms with van der Waals surface area (Å²) in [7, 11) is 0. The van der Waals surface area contributed by atoms with Gasteiger partial charge < -0.3 is 24.8 Å². The van der Waals surface area contributed by atoms with Crippen molar-refractivity contribution >= 4 is 3.21 Å². The molecule has 0 amide bonds. The smallest absolute Gasteiger partial charge is 0.0253 e. The minimum Gasteiger partial charge on any atom is -1.00 e. The molecule has 0 spiro atoms. The molecule has 0 unspecified atom stereocenters. The molecule has 0 radical (unpaired) electrons. The zero-order valence-electron chi connectivity index (χ0n) is 20.5. The van der Waals surface area contributed by atoms with Crippen molar-refractivity contribution in [2.75, 3.05) is 0 Å². The Kier molecular flexibility index (Phi) is 12.4. The number of benzene rings is 4. The van der Waals surface area contributed by atoms with Crippen molar-refractivity contribution in [2.45, 2.75) is 20.3 Å². The summed E-state index contributed by atoms with van der Waals surface area (Å²) < 4.78 is 1.43. The number of hydrogen-bond acceptors (Lipinski definition) is 0. The second-order valence-corrected chi connectivity index (χ2v) is 9.70. The molecule has 0 bridgehead atoms. The maximum absolute atomic E-state index is 3.30. The molecular formula is C33H28Cl2Zr-2. The molecule has 0 atom stereocenters. The number of rotatable bonds is 2. The normalized spacial score (nSPS) is 10.1. The van der Waals surface area contributed by atoms with E-state index in [1.54, 1.807) is 0 Å². The molecular weight excluding hydrogens is 558 g/mol. The fourth-order valence-corrected chi connectivity index (χ4v) is 4.85. The van der Waals surface area contributed by atoms with E-state index >= 15 is 0 Å². The fourth-order valence-electron chi connectivity index (χ4n) is 4.09. The molecule has 0 fully saturated rings. The summed E-state index contributed by atoms with van der Waals surface area (Å²) in [4.78, 5) is 0. The van der Waals surface area contributed by atoms with Crippen molar-refractivity contribution < 1.29 is 49.0 Å². The summed E-state index contributed by atoms with van der Waals surface area (Å²) >= 11 is 1.47. The monoisotopic (exact) mass is 584 g/mol. The zero-order valence-corrected chi connectivity index (χ0v) is 24.5. The second kappa shape index (κ2) is 15.0. The predicted octanol–water partition coefficient (Wildman–Crippen LogP) is 1.89. The van der Waals surface area contributed by atoms with Gasteiger partial charge in [0.25, 0.3) is 0 Å². The number of hydrogen-bond donors (Lipinski definition) is 0. The first-order valence-corrected chi connectivity index (χ1v) is 12.8. The molecule has 0 aliphatic heterocycles. The molecule has 1 aliphatic carbocycles. The van der Waals surface area contributed by atoms with Crippen LogP contribution in [0.3, 0.4) is 0 Å². The maximum atomic E-state index is 3.30. The Hall–Kier alpha value is -2.44. The second-order valence-electron chi connectivity index (χ2n) is 8.47. The van der Waals surface area contributed by atoms with E-state index < -0.39 is 0 Å². The summed E-state index contributed by atoms with van der Waals surface area (Å²) in [6.45, 7) is 4.28. The van der Waals surface area contributed by atoms with Gasteiger partial charge in [0.1, 0.15) is 0 Å². The Balaban J connectivity index is 0.000000205. The van der Waals surface area contributed by atoms with Crippen molar-refractivity contribution in [1.82, 2.24) is 0 Å². The van der Waals surface area contributed by atoms with E-state index in [0.29, 0.717) is 0 Å². The maximum Gasteiger partial charge on any atom is -0.0253 e. The van der Waals surface area contributed by atoms with Crippen LogP contribution in [0.4, 0.5) is 0 Å². The zero-order chi connectivity index (χ0) is 23.8. The molecule has 1 aliphatic rings. The third-order valence-corrected chi connectivity index (χ3v) is 7.20. The van der Waals surface area contributed by atoms with Crippen molar-refractivity contribution in [3.05, 3.63) is 161 Å². The molecule has 0 saturated carbocycles. The van der Waals surface area contributed by atoms with Gasteiger partial charge in [-0.05, 0) is 6.42 Å². The van der Waals surface area contributed by atoms with Crippen LogP contribution in [0.25, 0.3) is 11.1 Å². The minimum absolute atomic E-state index is 0.